The monoisotopic (exact) mass is 380 g/mol. The molecule has 1 N–H and O–H groups in total. The zero-order chi connectivity index (χ0) is 17.3. The fraction of sp³-hybridized carbons (Fsp3) is 0.0588. The number of carbonyl (C=O) groups is 1. The largest absolute Gasteiger partial charge is 0.477 e. The van der Waals surface area contributed by atoms with Gasteiger partial charge in [0.15, 0.2) is 0 Å². The van der Waals surface area contributed by atoms with Gasteiger partial charge in [-0.25, -0.2) is 4.79 Å². The second-order valence-electron chi connectivity index (χ2n) is 5.12. The predicted molar refractivity (Wildman–Crippen MR) is 95.2 cm³/mol. The number of nitrogens with zero attached hydrogens (tertiary/aromatic N) is 2. The lowest BCUT2D eigenvalue weighted by Gasteiger charge is -2.07. The summed E-state index contributed by atoms with van der Waals surface area (Å²) in [5, 5.41) is 15.4. The van der Waals surface area contributed by atoms with Crippen molar-refractivity contribution >= 4 is 40.8 Å². The van der Waals surface area contributed by atoms with Crippen molar-refractivity contribution in [1.82, 2.24) is 9.78 Å². The number of benzene rings is 2. The summed E-state index contributed by atoms with van der Waals surface area (Å²) in [6, 6.07) is 13.6. The van der Waals surface area contributed by atoms with Crippen LogP contribution in [0.15, 0.2) is 48.5 Å². The summed E-state index contributed by atoms with van der Waals surface area (Å²) >= 11 is 17.9. The van der Waals surface area contributed by atoms with Crippen LogP contribution in [-0.2, 0) is 6.54 Å². The molecule has 4 nitrogen and oxygen atoms in total. The lowest BCUT2D eigenvalue weighted by Crippen LogP contribution is -2.11. The van der Waals surface area contributed by atoms with Gasteiger partial charge in [0.25, 0.3) is 0 Å². The minimum Gasteiger partial charge on any atom is -0.477 e. The molecule has 0 unspecified atom stereocenters. The van der Waals surface area contributed by atoms with Gasteiger partial charge in [0.05, 0.1) is 12.2 Å². The van der Waals surface area contributed by atoms with E-state index in [9.17, 15) is 9.90 Å². The molecular weight excluding hydrogens is 371 g/mol. The van der Waals surface area contributed by atoms with E-state index in [1.165, 1.54) is 10.7 Å². The molecule has 1 heterocycles. The molecule has 122 valence electrons. The first kappa shape index (κ1) is 16.8. The predicted octanol–water partition coefficient (Wildman–Crippen LogP) is 5.26. The van der Waals surface area contributed by atoms with E-state index < -0.39 is 5.97 Å². The maximum absolute atomic E-state index is 11.5. The molecule has 1 aromatic heterocycles. The van der Waals surface area contributed by atoms with Gasteiger partial charge in [0.1, 0.15) is 5.69 Å². The van der Waals surface area contributed by atoms with E-state index in [4.69, 9.17) is 34.8 Å². The van der Waals surface area contributed by atoms with Crippen LogP contribution >= 0.6 is 34.8 Å². The molecule has 0 aliphatic carbocycles. The number of hydrogen-bond acceptors (Lipinski definition) is 2. The molecule has 2 aromatic carbocycles. The third kappa shape index (κ3) is 3.56. The van der Waals surface area contributed by atoms with Crippen LogP contribution in [0.2, 0.25) is 15.1 Å². The molecule has 0 saturated carbocycles. The molecule has 0 aliphatic rings. The maximum atomic E-state index is 11.5. The van der Waals surface area contributed by atoms with Gasteiger partial charge in [-0.05, 0) is 35.9 Å². The number of rotatable bonds is 4. The van der Waals surface area contributed by atoms with Crippen molar-refractivity contribution in [3.8, 4) is 11.3 Å². The zero-order valence-corrected chi connectivity index (χ0v) is 14.5. The molecule has 0 saturated heterocycles. The fourth-order valence-electron chi connectivity index (χ4n) is 2.28. The molecule has 3 rings (SSSR count). The molecule has 3 aromatic rings. The van der Waals surface area contributed by atoms with Gasteiger partial charge >= 0.3 is 5.97 Å². The van der Waals surface area contributed by atoms with Crippen LogP contribution in [0.5, 0.6) is 0 Å². The Morgan fingerprint density at radius 1 is 1.00 bits per heavy atom. The number of carboxylic acid groups (broad SMARTS) is 1. The van der Waals surface area contributed by atoms with Gasteiger partial charge < -0.3 is 5.11 Å². The number of carboxylic acids is 1. The van der Waals surface area contributed by atoms with Crippen LogP contribution in [0, 0.1) is 0 Å². The summed E-state index contributed by atoms with van der Waals surface area (Å²) < 4.78 is 1.40. The molecule has 0 radical (unpaired) electrons. The Bertz CT molecular complexity index is 905. The van der Waals surface area contributed by atoms with Gasteiger partial charge in [-0.15, -0.1) is 0 Å². The highest BCUT2D eigenvalue weighted by Gasteiger charge is 2.16. The first-order chi connectivity index (χ1) is 11.4. The van der Waals surface area contributed by atoms with Gasteiger partial charge in [-0.1, -0.05) is 53.0 Å². The molecule has 0 bridgehead atoms. The maximum Gasteiger partial charge on any atom is 0.354 e. The molecule has 0 amide bonds. The molecule has 7 heteroatoms. The average Bonchev–Trinajstić information content (AvgIpc) is 2.95. The highest BCUT2D eigenvalue weighted by Crippen LogP contribution is 2.25. The smallest absolute Gasteiger partial charge is 0.354 e. The van der Waals surface area contributed by atoms with Crippen molar-refractivity contribution in [2.24, 2.45) is 0 Å². The molecule has 0 spiro atoms. The van der Waals surface area contributed by atoms with E-state index in [0.717, 1.165) is 11.1 Å². The van der Waals surface area contributed by atoms with Crippen molar-refractivity contribution in [2.75, 3.05) is 0 Å². The lowest BCUT2D eigenvalue weighted by atomic mass is 10.1. The quantitative estimate of drug-likeness (QED) is 0.671. The Morgan fingerprint density at radius 2 is 1.67 bits per heavy atom. The summed E-state index contributed by atoms with van der Waals surface area (Å²) in [6.45, 7) is 0.227. The van der Waals surface area contributed by atoms with E-state index in [1.807, 2.05) is 0 Å². The number of hydrogen-bond donors (Lipinski definition) is 1. The van der Waals surface area contributed by atoms with Crippen LogP contribution in [0.4, 0.5) is 0 Å². The minimum absolute atomic E-state index is 0.0750. The summed E-state index contributed by atoms with van der Waals surface area (Å²) in [7, 11) is 0. The van der Waals surface area contributed by atoms with Crippen LogP contribution in [0.3, 0.4) is 0 Å². The molecule has 0 aliphatic heterocycles. The van der Waals surface area contributed by atoms with E-state index in [1.54, 1.807) is 42.5 Å². The lowest BCUT2D eigenvalue weighted by molar-refractivity contribution is 0.0684. The summed E-state index contributed by atoms with van der Waals surface area (Å²) in [4.78, 5) is 11.5. The van der Waals surface area contributed by atoms with Crippen molar-refractivity contribution in [2.45, 2.75) is 6.54 Å². The highest BCUT2D eigenvalue weighted by atomic mass is 35.5. The van der Waals surface area contributed by atoms with E-state index in [-0.39, 0.29) is 12.2 Å². The standard InChI is InChI=1S/C17H11Cl3N2O2/c18-12-4-1-10(2-5-12)15-8-16(17(23)24)22(21-15)9-11-3-6-13(19)7-14(11)20/h1-8H,9H2,(H,23,24). The Morgan fingerprint density at radius 3 is 2.29 bits per heavy atom. The van der Waals surface area contributed by atoms with E-state index >= 15 is 0 Å². The molecular formula is C17H11Cl3N2O2. The Kier molecular flexibility index (Phi) is 4.81. The van der Waals surface area contributed by atoms with Gasteiger partial charge in [0, 0.05) is 20.6 Å². The van der Waals surface area contributed by atoms with Crippen LogP contribution in [-0.4, -0.2) is 20.9 Å². The average molecular weight is 382 g/mol. The summed E-state index contributed by atoms with van der Waals surface area (Å²) in [5.74, 6) is -1.06. The summed E-state index contributed by atoms with van der Waals surface area (Å²) in [5.41, 5.74) is 2.14. The van der Waals surface area contributed by atoms with Crippen molar-refractivity contribution in [1.29, 1.82) is 0 Å². The second-order valence-corrected chi connectivity index (χ2v) is 6.40. The molecule has 0 fully saturated rings. The van der Waals surface area contributed by atoms with Crippen LogP contribution in [0.1, 0.15) is 16.1 Å². The zero-order valence-electron chi connectivity index (χ0n) is 12.2. The Balaban J connectivity index is 2.00. The van der Waals surface area contributed by atoms with Crippen molar-refractivity contribution in [3.05, 3.63) is 74.9 Å². The van der Waals surface area contributed by atoms with Gasteiger partial charge in [-0.3, -0.25) is 4.68 Å². The molecule has 0 atom stereocenters. The van der Waals surface area contributed by atoms with Gasteiger partial charge in [-0.2, -0.15) is 5.10 Å². The van der Waals surface area contributed by atoms with Crippen LogP contribution in [0.25, 0.3) is 11.3 Å². The Hall–Kier alpha value is -2.01. The van der Waals surface area contributed by atoms with Crippen molar-refractivity contribution < 1.29 is 9.90 Å². The Labute approximate surface area is 153 Å². The summed E-state index contributed by atoms with van der Waals surface area (Å²) in [6.07, 6.45) is 0. The second kappa shape index (κ2) is 6.85. The van der Waals surface area contributed by atoms with E-state index in [2.05, 4.69) is 5.10 Å². The topological polar surface area (TPSA) is 55.1 Å². The first-order valence-electron chi connectivity index (χ1n) is 6.95. The number of halogens is 3. The van der Waals surface area contributed by atoms with E-state index in [0.29, 0.717) is 20.8 Å². The SMILES string of the molecule is O=C(O)c1cc(-c2ccc(Cl)cc2)nn1Cc1ccc(Cl)cc1Cl. The fourth-order valence-corrected chi connectivity index (χ4v) is 2.88. The third-order valence-electron chi connectivity index (χ3n) is 3.47. The molecule has 24 heavy (non-hydrogen) atoms. The van der Waals surface area contributed by atoms with Gasteiger partial charge in [0.2, 0.25) is 0 Å². The van der Waals surface area contributed by atoms with Crippen molar-refractivity contribution in [3.63, 3.8) is 0 Å². The van der Waals surface area contributed by atoms with Crippen LogP contribution < -0.4 is 0 Å². The highest BCUT2D eigenvalue weighted by molar-refractivity contribution is 6.35. The normalized spacial score (nSPS) is 10.8. The number of aromatic carboxylic acids is 1. The minimum atomic E-state index is -1.06. The number of aromatic nitrogens is 2. The third-order valence-corrected chi connectivity index (χ3v) is 4.31. The first-order valence-corrected chi connectivity index (χ1v) is 8.08.